The van der Waals surface area contributed by atoms with Gasteiger partial charge in [-0.2, -0.15) is 0 Å². The van der Waals surface area contributed by atoms with Crippen LogP contribution in [0, 0.1) is 11.2 Å². The molecule has 3 N–H and O–H groups in total. The number of halogens is 1. The second kappa shape index (κ2) is 19.7. The Labute approximate surface area is 428 Å². The SMILES string of the molecule is CCCS(=O)(=O)Nc1cccc(-c2nc(C(C)(C)C)sc2-c2ccnc(Nc3ccc(C4CCN(C(=O)CN5CCC6(CC5)CN(c5ccc7c(c5)C(=O)N([C@@H]5CCC(=O)NC5=O)C7=O)C6)CC4)cc3)n2)c1F. The van der Waals surface area contributed by atoms with Gasteiger partial charge in [-0.05, 0) is 112 Å². The van der Waals surface area contributed by atoms with Crippen LogP contribution in [0.3, 0.4) is 0 Å². The minimum absolute atomic E-state index is 0.0736. The molecule has 0 aliphatic carbocycles. The van der Waals surface area contributed by atoms with Gasteiger partial charge in [-0.25, -0.2) is 27.8 Å². The molecule has 1 spiro atoms. The van der Waals surface area contributed by atoms with Crippen LogP contribution in [-0.2, 0) is 29.8 Å². The molecule has 5 aliphatic heterocycles. The van der Waals surface area contributed by atoms with Crippen molar-refractivity contribution in [2.75, 3.05) is 66.5 Å². The second-order valence-corrected chi connectivity index (χ2v) is 23.9. The van der Waals surface area contributed by atoms with E-state index in [0.717, 1.165) is 73.1 Å². The first-order valence-corrected chi connectivity index (χ1v) is 27.5. The van der Waals surface area contributed by atoms with Crippen molar-refractivity contribution in [1.29, 1.82) is 0 Å². The monoisotopic (exact) mass is 1030 g/mol. The van der Waals surface area contributed by atoms with Gasteiger partial charge in [0, 0.05) is 66.6 Å². The number of benzene rings is 3. The zero-order chi connectivity index (χ0) is 51.4. The molecule has 0 radical (unpaired) electrons. The fourth-order valence-electron chi connectivity index (χ4n) is 10.6. The van der Waals surface area contributed by atoms with Crippen molar-refractivity contribution >= 4 is 73.9 Å². The lowest BCUT2D eigenvalue weighted by Gasteiger charge is -2.55. The second-order valence-electron chi connectivity index (χ2n) is 21.0. The van der Waals surface area contributed by atoms with E-state index in [9.17, 15) is 32.4 Å². The predicted octanol–water partition coefficient (Wildman–Crippen LogP) is 7.31. The van der Waals surface area contributed by atoms with E-state index >= 15 is 4.39 Å². The highest BCUT2D eigenvalue weighted by molar-refractivity contribution is 7.92. The summed E-state index contributed by atoms with van der Waals surface area (Å²) in [5.74, 6) is -2.07. The summed E-state index contributed by atoms with van der Waals surface area (Å²) in [6.45, 7) is 12.9. The molecule has 382 valence electrons. The number of fused-ring (bicyclic) bond motifs is 1. The number of likely N-dealkylation sites (tertiary alicyclic amines) is 2. The van der Waals surface area contributed by atoms with Crippen molar-refractivity contribution in [3.05, 3.63) is 100 Å². The highest BCUT2D eigenvalue weighted by Gasteiger charge is 2.48. The first-order valence-electron chi connectivity index (χ1n) is 25.0. The Morgan fingerprint density at radius 1 is 0.890 bits per heavy atom. The molecule has 2 aromatic heterocycles. The van der Waals surface area contributed by atoms with Gasteiger partial charge in [0.25, 0.3) is 11.8 Å². The van der Waals surface area contributed by atoms with E-state index in [1.165, 1.54) is 23.0 Å². The van der Waals surface area contributed by atoms with Crippen LogP contribution in [0.4, 0.5) is 27.4 Å². The predicted molar refractivity (Wildman–Crippen MR) is 277 cm³/mol. The van der Waals surface area contributed by atoms with Gasteiger partial charge in [-0.3, -0.25) is 43.8 Å². The number of thiazole rings is 1. The zero-order valence-electron chi connectivity index (χ0n) is 41.4. The highest BCUT2D eigenvalue weighted by Crippen LogP contribution is 2.45. The van der Waals surface area contributed by atoms with Crippen LogP contribution in [0.15, 0.2) is 72.9 Å². The van der Waals surface area contributed by atoms with E-state index in [1.807, 2.05) is 43.9 Å². The minimum Gasteiger partial charge on any atom is -0.370 e. The number of nitrogens with zero attached hydrogens (tertiary/aromatic N) is 7. The van der Waals surface area contributed by atoms with E-state index in [-0.39, 0.29) is 57.7 Å². The lowest BCUT2D eigenvalue weighted by Crippen LogP contribution is -2.61. The third-order valence-corrected chi connectivity index (χ3v) is 17.7. The molecule has 0 bridgehead atoms. The van der Waals surface area contributed by atoms with Crippen molar-refractivity contribution in [2.24, 2.45) is 5.41 Å². The topological polar surface area (TPSA) is 207 Å². The van der Waals surface area contributed by atoms with E-state index in [0.29, 0.717) is 54.2 Å². The summed E-state index contributed by atoms with van der Waals surface area (Å²) >= 11 is 1.41. The number of carbonyl (C=O) groups excluding carboxylic acids is 5. The Hall–Kier alpha value is -6.64. The molecular weight excluding hydrogens is 972 g/mol. The molecule has 1 atom stereocenters. The number of rotatable bonds is 13. The van der Waals surface area contributed by atoms with Gasteiger partial charge in [0.1, 0.15) is 6.04 Å². The van der Waals surface area contributed by atoms with Crippen molar-refractivity contribution in [3.63, 3.8) is 0 Å². The van der Waals surface area contributed by atoms with Crippen LogP contribution < -0.4 is 20.3 Å². The van der Waals surface area contributed by atoms with E-state index in [2.05, 4.69) is 42.3 Å². The number of carbonyl (C=O) groups is 5. The molecule has 5 aromatic rings. The summed E-state index contributed by atoms with van der Waals surface area (Å²) in [5, 5.41) is 6.33. The third-order valence-electron chi connectivity index (χ3n) is 14.8. The molecule has 0 unspecified atom stereocenters. The Balaban J connectivity index is 0.703. The molecule has 5 aliphatic rings. The van der Waals surface area contributed by atoms with Crippen LogP contribution in [-0.4, -0.2) is 125 Å². The largest absolute Gasteiger partial charge is 0.370 e. The van der Waals surface area contributed by atoms with Gasteiger partial charge in [-0.1, -0.05) is 45.9 Å². The van der Waals surface area contributed by atoms with Gasteiger partial charge in [0.05, 0.1) is 50.4 Å². The molecule has 4 fully saturated rings. The first kappa shape index (κ1) is 49.9. The number of piperidine rings is 3. The van der Waals surface area contributed by atoms with Crippen molar-refractivity contribution in [3.8, 4) is 21.8 Å². The standard InChI is InChI=1S/C53H59FN10O7S2/c1-5-27-73(70,71)60-39-8-6-7-37(44(39)54)45-46(72-50(59-45)52(2,3)4)40-17-22-55-51(57-40)56-34-11-9-32(10-12-34)33-18-23-62(24-19-33)43(66)29-61-25-20-53(21-26-61)30-63(31-53)35-13-14-36-38(28-35)49(69)64(48(36)68)41-15-16-42(65)58-47(41)67/h6-14,17,22,28,33,41,60H,5,15-16,18-21,23-27,29-31H2,1-4H3,(H,55,56,57)(H,58,65,67)/t41-/m1/s1. The minimum atomic E-state index is -3.73. The maximum absolute atomic E-state index is 16.1. The number of imide groups is 2. The Morgan fingerprint density at radius 2 is 1.62 bits per heavy atom. The molecule has 4 saturated heterocycles. The molecule has 17 nitrogen and oxygen atoms in total. The van der Waals surface area contributed by atoms with Crippen molar-refractivity contribution < 1.29 is 36.8 Å². The van der Waals surface area contributed by atoms with Gasteiger partial charge >= 0.3 is 0 Å². The molecular formula is C53H59FN10O7S2. The zero-order valence-corrected chi connectivity index (χ0v) is 43.0. The number of amides is 5. The van der Waals surface area contributed by atoms with Crippen molar-refractivity contribution in [1.82, 2.24) is 35.0 Å². The lowest BCUT2D eigenvalue weighted by molar-refractivity contribution is -0.136. The molecule has 0 saturated carbocycles. The average molecular weight is 1030 g/mol. The average Bonchev–Trinajstić information content (AvgIpc) is 3.91. The van der Waals surface area contributed by atoms with Gasteiger partial charge in [0.2, 0.25) is 33.7 Å². The van der Waals surface area contributed by atoms with Crippen LogP contribution >= 0.6 is 11.3 Å². The van der Waals surface area contributed by atoms with Gasteiger partial charge in [-0.15, -0.1) is 11.3 Å². The van der Waals surface area contributed by atoms with Gasteiger partial charge in [0.15, 0.2) is 5.82 Å². The van der Waals surface area contributed by atoms with Crippen LogP contribution in [0.2, 0.25) is 0 Å². The molecule has 10 rings (SSSR count). The maximum Gasteiger partial charge on any atom is 0.262 e. The van der Waals surface area contributed by atoms with Crippen LogP contribution in [0.5, 0.6) is 0 Å². The fourth-order valence-corrected chi connectivity index (χ4v) is 12.9. The number of sulfonamides is 1. The number of hydrogen-bond donors (Lipinski definition) is 3. The summed E-state index contributed by atoms with van der Waals surface area (Å²) in [6.07, 6.45) is 5.87. The Morgan fingerprint density at radius 3 is 2.32 bits per heavy atom. The van der Waals surface area contributed by atoms with Crippen molar-refractivity contribution in [2.45, 2.75) is 90.0 Å². The van der Waals surface area contributed by atoms with Crippen LogP contribution in [0.1, 0.15) is 110 Å². The fraction of sp³-hybridized carbons (Fsp3) is 0.434. The highest BCUT2D eigenvalue weighted by atomic mass is 32.2. The summed E-state index contributed by atoms with van der Waals surface area (Å²) in [4.78, 5) is 86.6. The number of nitrogens with one attached hydrogen (secondary N) is 3. The summed E-state index contributed by atoms with van der Waals surface area (Å²) < 4.78 is 43.7. The smallest absolute Gasteiger partial charge is 0.262 e. The first-order chi connectivity index (χ1) is 34.9. The Kier molecular flexibility index (Phi) is 13.4. The molecule has 3 aromatic carbocycles. The third kappa shape index (κ3) is 10.2. The quantitative estimate of drug-likeness (QED) is 0.0991. The maximum atomic E-state index is 16.1. The molecule has 20 heteroatoms. The van der Waals surface area contributed by atoms with E-state index < -0.39 is 45.5 Å². The van der Waals surface area contributed by atoms with Gasteiger partial charge < -0.3 is 15.1 Å². The summed E-state index contributed by atoms with van der Waals surface area (Å²) in [7, 11) is -3.73. The number of aromatic nitrogens is 3. The molecule has 5 amide bonds. The normalized spacial score (nSPS) is 19.5. The molecule has 73 heavy (non-hydrogen) atoms. The van der Waals surface area contributed by atoms with Crippen LogP contribution in [0.25, 0.3) is 21.8 Å². The van der Waals surface area contributed by atoms with E-state index in [4.69, 9.17) is 9.97 Å². The summed E-state index contributed by atoms with van der Waals surface area (Å²) in [5.41, 5.74) is 4.12. The Bertz CT molecular complexity index is 3120. The number of hydrogen-bond acceptors (Lipinski definition) is 14. The summed E-state index contributed by atoms with van der Waals surface area (Å²) in [6, 6.07) is 18.8. The lowest BCUT2D eigenvalue weighted by atomic mass is 9.71. The van der Waals surface area contributed by atoms with E-state index in [1.54, 1.807) is 43.5 Å². The molecule has 7 heterocycles. The number of anilines is 4.